The summed E-state index contributed by atoms with van der Waals surface area (Å²) < 4.78 is 31.5. The van der Waals surface area contributed by atoms with Crippen LogP contribution in [0.25, 0.3) is 0 Å². The maximum atomic E-state index is 12.6. The van der Waals surface area contributed by atoms with Gasteiger partial charge in [-0.1, -0.05) is 6.07 Å². The highest BCUT2D eigenvalue weighted by Crippen LogP contribution is 2.21. The molecule has 21 heavy (non-hydrogen) atoms. The molecule has 0 fully saturated rings. The molecule has 0 heterocycles. The largest absolute Gasteiger partial charge is 0.478 e. The molecule has 1 N–H and O–H groups in total. The number of carboxylic acids is 1. The van der Waals surface area contributed by atoms with Gasteiger partial charge >= 0.3 is 5.97 Å². The summed E-state index contributed by atoms with van der Waals surface area (Å²) in [6.45, 7) is 5.64. The van der Waals surface area contributed by atoms with E-state index in [1.54, 1.807) is 20.8 Å². The van der Waals surface area contributed by atoms with E-state index in [0.717, 1.165) is 0 Å². The molecule has 0 atom stereocenters. The number of nitrogens with zero attached hydrogens (tertiary/aromatic N) is 1. The van der Waals surface area contributed by atoms with Crippen molar-refractivity contribution in [2.45, 2.75) is 31.7 Å². The van der Waals surface area contributed by atoms with Gasteiger partial charge in [-0.2, -0.15) is 4.31 Å². The van der Waals surface area contributed by atoms with Crippen LogP contribution in [0.15, 0.2) is 23.1 Å². The summed E-state index contributed by atoms with van der Waals surface area (Å²) in [6.07, 6.45) is 0. The van der Waals surface area contributed by atoms with Crippen LogP contribution in [0.1, 0.15) is 29.8 Å². The molecule has 7 heteroatoms. The zero-order valence-electron chi connectivity index (χ0n) is 12.7. The van der Waals surface area contributed by atoms with Gasteiger partial charge in [0, 0.05) is 19.7 Å². The first-order valence-electron chi connectivity index (χ1n) is 6.56. The maximum absolute atomic E-state index is 12.6. The molecule has 0 radical (unpaired) electrons. The quantitative estimate of drug-likeness (QED) is 0.828. The SMILES string of the molecule is COCCN(C(C)C)S(=O)(=O)c1ccc(C)c(C(=O)O)c1. The van der Waals surface area contributed by atoms with Crippen molar-refractivity contribution in [1.82, 2.24) is 4.31 Å². The van der Waals surface area contributed by atoms with Gasteiger partial charge in [-0.3, -0.25) is 0 Å². The number of hydrogen-bond donors (Lipinski definition) is 1. The summed E-state index contributed by atoms with van der Waals surface area (Å²) in [4.78, 5) is 11.1. The maximum Gasteiger partial charge on any atom is 0.335 e. The van der Waals surface area contributed by atoms with Crippen molar-refractivity contribution in [2.24, 2.45) is 0 Å². The van der Waals surface area contributed by atoms with Gasteiger partial charge in [0.05, 0.1) is 17.1 Å². The number of aromatic carboxylic acids is 1. The summed E-state index contributed by atoms with van der Waals surface area (Å²) in [7, 11) is -2.26. The first kappa shape index (κ1) is 17.6. The molecule has 118 valence electrons. The van der Waals surface area contributed by atoms with Crippen LogP contribution in [0, 0.1) is 6.92 Å². The minimum Gasteiger partial charge on any atom is -0.478 e. The Morgan fingerprint density at radius 1 is 1.38 bits per heavy atom. The molecule has 1 rings (SSSR count). The molecule has 0 spiro atoms. The summed E-state index contributed by atoms with van der Waals surface area (Å²) in [6, 6.07) is 3.89. The van der Waals surface area contributed by atoms with Crippen LogP contribution in [-0.2, 0) is 14.8 Å². The van der Waals surface area contributed by atoms with E-state index in [0.29, 0.717) is 5.56 Å². The number of sulfonamides is 1. The van der Waals surface area contributed by atoms with E-state index in [2.05, 4.69) is 0 Å². The van der Waals surface area contributed by atoms with Crippen molar-refractivity contribution in [3.05, 3.63) is 29.3 Å². The smallest absolute Gasteiger partial charge is 0.335 e. The third-order valence-electron chi connectivity index (χ3n) is 3.14. The molecule has 0 aliphatic rings. The minimum atomic E-state index is -3.76. The normalized spacial score (nSPS) is 12.1. The Bertz CT molecular complexity index is 610. The highest BCUT2D eigenvalue weighted by atomic mass is 32.2. The van der Waals surface area contributed by atoms with Gasteiger partial charge in [-0.05, 0) is 38.5 Å². The van der Waals surface area contributed by atoms with E-state index in [1.165, 1.54) is 29.6 Å². The van der Waals surface area contributed by atoms with Gasteiger partial charge < -0.3 is 9.84 Å². The minimum absolute atomic E-state index is 0.00785. The Labute approximate surface area is 125 Å². The van der Waals surface area contributed by atoms with Crippen LogP contribution < -0.4 is 0 Å². The predicted molar refractivity (Wildman–Crippen MR) is 79.0 cm³/mol. The molecule has 6 nitrogen and oxygen atoms in total. The van der Waals surface area contributed by atoms with E-state index < -0.39 is 16.0 Å². The van der Waals surface area contributed by atoms with Crippen molar-refractivity contribution in [2.75, 3.05) is 20.3 Å². The lowest BCUT2D eigenvalue weighted by Gasteiger charge is -2.25. The highest BCUT2D eigenvalue weighted by Gasteiger charge is 2.27. The average molecular weight is 315 g/mol. The fourth-order valence-electron chi connectivity index (χ4n) is 1.96. The summed E-state index contributed by atoms with van der Waals surface area (Å²) >= 11 is 0. The molecular weight excluding hydrogens is 294 g/mol. The topological polar surface area (TPSA) is 83.9 Å². The van der Waals surface area contributed by atoms with Gasteiger partial charge in [0.2, 0.25) is 10.0 Å². The number of hydrogen-bond acceptors (Lipinski definition) is 4. The van der Waals surface area contributed by atoms with Crippen molar-refractivity contribution < 1.29 is 23.1 Å². The fraction of sp³-hybridized carbons (Fsp3) is 0.500. The van der Waals surface area contributed by atoms with E-state index in [1.807, 2.05) is 0 Å². The van der Waals surface area contributed by atoms with Crippen molar-refractivity contribution in [1.29, 1.82) is 0 Å². The Balaban J connectivity index is 3.28. The van der Waals surface area contributed by atoms with Crippen molar-refractivity contribution in [3.63, 3.8) is 0 Å². The molecule has 0 bridgehead atoms. The van der Waals surface area contributed by atoms with E-state index in [9.17, 15) is 13.2 Å². The van der Waals surface area contributed by atoms with Crippen LogP contribution in [0.3, 0.4) is 0 Å². The third-order valence-corrected chi connectivity index (χ3v) is 5.21. The van der Waals surface area contributed by atoms with Gasteiger partial charge in [-0.15, -0.1) is 0 Å². The lowest BCUT2D eigenvalue weighted by atomic mass is 10.1. The van der Waals surface area contributed by atoms with Crippen LogP contribution in [-0.4, -0.2) is 50.1 Å². The van der Waals surface area contributed by atoms with Crippen LogP contribution >= 0.6 is 0 Å². The van der Waals surface area contributed by atoms with Crippen LogP contribution in [0.2, 0.25) is 0 Å². The van der Waals surface area contributed by atoms with Gasteiger partial charge in [0.25, 0.3) is 0 Å². The zero-order valence-corrected chi connectivity index (χ0v) is 13.5. The Kier molecular flexibility index (Phi) is 5.88. The number of methoxy groups -OCH3 is 1. The van der Waals surface area contributed by atoms with E-state index in [-0.39, 0.29) is 29.7 Å². The summed E-state index contributed by atoms with van der Waals surface area (Å²) in [5.41, 5.74) is 0.515. The summed E-state index contributed by atoms with van der Waals surface area (Å²) in [5.74, 6) is -1.14. The number of rotatable bonds is 7. The molecule has 1 aromatic carbocycles. The second kappa shape index (κ2) is 7.02. The number of carbonyl (C=O) groups is 1. The Morgan fingerprint density at radius 3 is 2.48 bits per heavy atom. The molecule has 0 aromatic heterocycles. The van der Waals surface area contributed by atoms with Crippen LogP contribution in [0.4, 0.5) is 0 Å². The molecular formula is C14H21NO5S. The average Bonchev–Trinajstić information content (AvgIpc) is 2.38. The summed E-state index contributed by atoms with van der Waals surface area (Å²) in [5, 5.41) is 9.12. The number of aryl methyl sites for hydroxylation is 1. The predicted octanol–water partition coefficient (Wildman–Crippen LogP) is 1.74. The van der Waals surface area contributed by atoms with Crippen molar-refractivity contribution in [3.8, 4) is 0 Å². The monoisotopic (exact) mass is 315 g/mol. The molecule has 0 saturated carbocycles. The molecule has 0 amide bonds. The zero-order chi connectivity index (χ0) is 16.2. The number of carboxylic acid groups (broad SMARTS) is 1. The molecule has 1 aromatic rings. The van der Waals surface area contributed by atoms with E-state index in [4.69, 9.17) is 9.84 Å². The van der Waals surface area contributed by atoms with E-state index >= 15 is 0 Å². The van der Waals surface area contributed by atoms with Crippen LogP contribution in [0.5, 0.6) is 0 Å². The fourth-order valence-corrected chi connectivity index (χ4v) is 3.61. The van der Waals surface area contributed by atoms with Crippen molar-refractivity contribution >= 4 is 16.0 Å². The molecule has 0 unspecified atom stereocenters. The van der Waals surface area contributed by atoms with Gasteiger partial charge in [0.15, 0.2) is 0 Å². The van der Waals surface area contributed by atoms with Gasteiger partial charge in [-0.25, -0.2) is 13.2 Å². The molecule has 0 aliphatic carbocycles. The Morgan fingerprint density at radius 2 is 2.00 bits per heavy atom. The highest BCUT2D eigenvalue weighted by molar-refractivity contribution is 7.89. The number of ether oxygens (including phenoxy) is 1. The number of benzene rings is 1. The Hall–Kier alpha value is -1.44. The molecule has 0 aliphatic heterocycles. The molecule has 0 saturated heterocycles. The standard InChI is InChI=1S/C14H21NO5S/c1-10(2)15(7-8-20-4)21(18,19)12-6-5-11(3)13(9-12)14(16)17/h5-6,9-10H,7-8H2,1-4H3,(H,16,17). The van der Waals surface area contributed by atoms with Gasteiger partial charge in [0.1, 0.15) is 0 Å². The third kappa shape index (κ3) is 4.03. The lowest BCUT2D eigenvalue weighted by molar-refractivity contribution is 0.0696. The first-order valence-corrected chi connectivity index (χ1v) is 8.00. The second-order valence-electron chi connectivity index (χ2n) is 4.98. The first-order chi connectivity index (χ1) is 9.71. The second-order valence-corrected chi connectivity index (χ2v) is 6.87. The lowest BCUT2D eigenvalue weighted by Crippen LogP contribution is -2.39.